The van der Waals surface area contributed by atoms with Gasteiger partial charge in [-0.2, -0.15) is 0 Å². The number of tetrazole rings is 1. The van der Waals surface area contributed by atoms with Crippen LogP contribution in [0.25, 0.3) is 17.1 Å². The van der Waals surface area contributed by atoms with Crippen molar-refractivity contribution in [3.8, 4) is 28.6 Å². The molecule has 0 aliphatic heterocycles. The van der Waals surface area contributed by atoms with Crippen LogP contribution in [-0.4, -0.2) is 40.3 Å². The summed E-state index contributed by atoms with van der Waals surface area (Å²) in [5.74, 6) is 1.14. The summed E-state index contributed by atoms with van der Waals surface area (Å²) >= 11 is 0. The van der Waals surface area contributed by atoms with Crippen molar-refractivity contribution in [3.05, 3.63) is 78.4 Å². The first-order chi connectivity index (χ1) is 14.7. The van der Waals surface area contributed by atoms with Crippen LogP contribution < -0.4 is 14.8 Å². The molecule has 0 radical (unpaired) electrons. The number of hydrogen-bond donors (Lipinski definition) is 1. The van der Waals surface area contributed by atoms with Gasteiger partial charge >= 0.3 is 0 Å². The third-order valence-electron chi connectivity index (χ3n) is 4.46. The first-order valence-electron chi connectivity index (χ1n) is 9.18. The lowest BCUT2D eigenvalue weighted by Crippen LogP contribution is -2.13. The monoisotopic (exact) mass is 401 g/mol. The van der Waals surface area contributed by atoms with Crippen molar-refractivity contribution in [2.75, 3.05) is 19.5 Å². The van der Waals surface area contributed by atoms with Crippen LogP contribution in [0.1, 0.15) is 10.4 Å². The Balaban J connectivity index is 1.62. The minimum absolute atomic E-state index is 0.293. The van der Waals surface area contributed by atoms with E-state index in [9.17, 15) is 4.79 Å². The van der Waals surface area contributed by atoms with E-state index in [1.54, 1.807) is 31.4 Å². The van der Waals surface area contributed by atoms with E-state index in [-0.39, 0.29) is 5.91 Å². The zero-order valence-electron chi connectivity index (χ0n) is 16.4. The zero-order chi connectivity index (χ0) is 20.9. The molecular formula is C22H19N5O3. The highest BCUT2D eigenvalue weighted by Crippen LogP contribution is 2.29. The molecule has 0 fully saturated rings. The molecule has 1 amide bonds. The van der Waals surface area contributed by atoms with Crippen molar-refractivity contribution in [1.29, 1.82) is 0 Å². The second-order valence-corrected chi connectivity index (χ2v) is 6.31. The fourth-order valence-corrected chi connectivity index (χ4v) is 2.95. The van der Waals surface area contributed by atoms with Gasteiger partial charge in [0.15, 0.2) is 11.5 Å². The SMILES string of the molecule is COc1ccc(C(=O)Nc2ccccc2-c2nnn(-c3ccccc3)n2)cc1OC. The Labute approximate surface area is 173 Å². The molecule has 0 aliphatic rings. The molecule has 0 saturated heterocycles. The smallest absolute Gasteiger partial charge is 0.255 e. The number of methoxy groups -OCH3 is 2. The molecule has 1 N–H and O–H groups in total. The summed E-state index contributed by atoms with van der Waals surface area (Å²) in [6, 6.07) is 21.8. The average Bonchev–Trinajstić information content (AvgIpc) is 3.29. The Morgan fingerprint density at radius 2 is 1.63 bits per heavy atom. The fraction of sp³-hybridized carbons (Fsp3) is 0.0909. The number of nitrogens with one attached hydrogen (secondary N) is 1. The number of benzene rings is 3. The second kappa shape index (κ2) is 8.44. The van der Waals surface area contributed by atoms with E-state index in [0.717, 1.165) is 5.69 Å². The van der Waals surface area contributed by atoms with Crippen LogP contribution >= 0.6 is 0 Å². The number of carbonyl (C=O) groups is 1. The standard InChI is InChI=1S/C22H19N5O3/c1-29-19-13-12-15(14-20(19)30-2)22(28)23-18-11-7-6-10-17(18)21-24-26-27(25-21)16-8-4-3-5-9-16/h3-14H,1-2H3,(H,23,28). The number of aromatic nitrogens is 4. The van der Waals surface area contributed by atoms with Gasteiger partial charge in [0.25, 0.3) is 5.91 Å². The molecule has 1 heterocycles. The number of amides is 1. The minimum Gasteiger partial charge on any atom is -0.493 e. The molecule has 0 aliphatic carbocycles. The van der Waals surface area contributed by atoms with Crippen molar-refractivity contribution in [2.45, 2.75) is 0 Å². The number of nitrogens with zero attached hydrogens (tertiary/aromatic N) is 4. The van der Waals surface area contributed by atoms with Crippen LogP contribution in [0.2, 0.25) is 0 Å². The Morgan fingerprint density at radius 1 is 0.900 bits per heavy atom. The molecule has 3 aromatic carbocycles. The van der Waals surface area contributed by atoms with Gasteiger partial charge in [0, 0.05) is 11.1 Å². The lowest BCUT2D eigenvalue weighted by Gasteiger charge is -2.11. The van der Waals surface area contributed by atoms with Crippen LogP contribution in [0.3, 0.4) is 0 Å². The van der Waals surface area contributed by atoms with Crippen LogP contribution in [-0.2, 0) is 0 Å². The maximum absolute atomic E-state index is 12.8. The Bertz CT molecular complexity index is 1170. The van der Waals surface area contributed by atoms with Gasteiger partial charge in [0.1, 0.15) is 0 Å². The number of hydrogen-bond acceptors (Lipinski definition) is 6. The van der Waals surface area contributed by atoms with E-state index in [4.69, 9.17) is 9.47 Å². The van der Waals surface area contributed by atoms with Crippen LogP contribution in [0.5, 0.6) is 11.5 Å². The lowest BCUT2D eigenvalue weighted by atomic mass is 10.1. The van der Waals surface area contributed by atoms with E-state index in [0.29, 0.717) is 34.1 Å². The number of rotatable bonds is 6. The van der Waals surface area contributed by atoms with E-state index in [1.807, 2.05) is 48.5 Å². The van der Waals surface area contributed by atoms with Crippen LogP contribution in [0, 0.1) is 0 Å². The van der Waals surface area contributed by atoms with Crippen molar-refractivity contribution >= 4 is 11.6 Å². The second-order valence-electron chi connectivity index (χ2n) is 6.31. The van der Waals surface area contributed by atoms with Crippen LogP contribution in [0.15, 0.2) is 72.8 Å². The molecule has 30 heavy (non-hydrogen) atoms. The van der Waals surface area contributed by atoms with E-state index < -0.39 is 0 Å². The molecule has 4 aromatic rings. The van der Waals surface area contributed by atoms with Gasteiger partial charge in [-0.1, -0.05) is 30.3 Å². The van der Waals surface area contributed by atoms with E-state index in [2.05, 4.69) is 20.7 Å². The Kier molecular flexibility index (Phi) is 5.38. The Hall–Kier alpha value is -4.20. The fourth-order valence-electron chi connectivity index (χ4n) is 2.95. The van der Waals surface area contributed by atoms with Crippen molar-refractivity contribution in [1.82, 2.24) is 20.2 Å². The van der Waals surface area contributed by atoms with Gasteiger partial charge < -0.3 is 14.8 Å². The molecule has 0 unspecified atom stereocenters. The molecule has 1 aromatic heterocycles. The summed E-state index contributed by atoms with van der Waals surface area (Å²) in [5, 5.41) is 15.6. The number of ether oxygens (including phenoxy) is 2. The zero-order valence-corrected chi connectivity index (χ0v) is 16.4. The molecule has 0 bridgehead atoms. The highest BCUT2D eigenvalue weighted by atomic mass is 16.5. The predicted octanol–water partition coefficient (Wildman–Crippen LogP) is 3.60. The number of para-hydroxylation sites is 2. The van der Waals surface area contributed by atoms with Gasteiger partial charge in [-0.05, 0) is 47.7 Å². The molecule has 4 rings (SSSR count). The normalized spacial score (nSPS) is 10.5. The van der Waals surface area contributed by atoms with Crippen molar-refractivity contribution < 1.29 is 14.3 Å². The topological polar surface area (TPSA) is 91.2 Å². The average molecular weight is 401 g/mol. The lowest BCUT2D eigenvalue weighted by molar-refractivity contribution is 0.102. The van der Waals surface area contributed by atoms with Gasteiger partial charge in [0.05, 0.1) is 25.6 Å². The highest BCUT2D eigenvalue weighted by Gasteiger charge is 2.16. The van der Waals surface area contributed by atoms with Crippen LogP contribution in [0.4, 0.5) is 5.69 Å². The quantitative estimate of drug-likeness (QED) is 0.531. The summed E-state index contributed by atoms with van der Waals surface area (Å²) in [7, 11) is 3.07. The first-order valence-corrected chi connectivity index (χ1v) is 9.18. The van der Waals surface area contributed by atoms with Gasteiger partial charge in [-0.25, -0.2) is 0 Å². The maximum Gasteiger partial charge on any atom is 0.255 e. The molecule has 8 heteroatoms. The van der Waals surface area contributed by atoms with Gasteiger partial charge in [-0.15, -0.1) is 15.0 Å². The minimum atomic E-state index is -0.293. The summed E-state index contributed by atoms with van der Waals surface area (Å²) in [6.07, 6.45) is 0. The summed E-state index contributed by atoms with van der Waals surface area (Å²) in [6.45, 7) is 0. The predicted molar refractivity (Wildman–Crippen MR) is 112 cm³/mol. The maximum atomic E-state index is 12.8. The highest BCUT2D eigenvalue weighted by molar-refractivity contribution is 6.06. The molecule has 8 nitrogen and oxygen atoms in total. The van der Waals surface area contributed by atoms with Crippen molar-refractivity contribution in [3.63, 3.8) is 0 Å². The first kappa shape index (κ1) is 19.1. The van der Waals surface area contributed by atoms with E-state index >= 15 is 0 Å². The van der Waals surface area contributed by atoms with Gasteiger partial charge in [0.2, 0.25) is 5.82 Å². The molecule has 150 valence electrons. The third kappa shape index (κ3) is 3.83. The summed E-state index contributed by atoms with van der Waals surface area (Å²) < 4.78 is 10.5. The molecule has 0 atom stereocenters. The summed E-state index contributed by atoms with van der Waals surface area (Å²) in [4.78, 5) is 14.3. The number of anilines is 1. The molecule has 0 spiro atoms. The largest absolute Gasteiger partial charge is 0.493 e. The Morgan fingerprint density at radius 3 is 2.40 bits per heavy atom. The van der Waals surface area contributed by atoms with E-state index in [1.165, 1.54) is 11.9 Å². The third-order valence-corrected chi connectivity index (χ3v) is 4.46. The number of carbonyl (C=O) groups excluding carboxylic acids is 1. The van der Waals surface area contributed by atoms with Crippen molar-refractivity contribution in [2.24, 2.45) is 0 Å². The molecule has 0 saturated carbocycles. The molecular weight excluding hydrogens is 382 g/mol. The summed E-state index contributed by atoms with van der Waals surface area (Å²) in [5.41, 5.74) is 2.46. The van der Waals surface area contributed by atoms with Gasteiger partial charge in [-0.3, -0.25) is 4.79 Å².